The number of hydrogen-bond acceptors (Lipinski definition) is 2. The molecule has 0 spiro atoms. The van der Waals surface area contributed by atoms with Gasteiger partial charge in [-0.25, -0.2) is 0 Å². The molecular formula is C26H40O2. The summed E-state index contributed by atoms with van der Waals surface area (Å²) >= 11 is 0. The second-order valence-electron chi connectivity index (χ2n) is 8.14. The fourth-order valence-electron chi connectivity index (χ4n) is 3.53. The van der Waals surface area contributed by atoms with E-state index < -0.39 is 0 Å². The molecule has 0 saturated heterocycles. The maximum Gasteiger partial charge on any atom is 0.164 e. The summed E-state index contributed by atoms with van der Waals surface area (Å²) < 4.78 is 11.2. The van der Waals surface area contributed by atoms with Gasteiger partial charge in [0.25, 0.3) is 0 Å². The van der Waals surface area contributed by atoms with Crippen LogP contribution in [-0.4, -0.2) is 14.2 Å². The zero-order chi connectivity index (χ0) is 21.3. The Balaban J connectivity index is 2.79. The minimum Gasteiger partial charge on any atom is -0.493 e. The minimum atomic E-state index is 0.626. The van der Waals surface area contributed by atoms with Crippen molar-refractivity contribution < 1.29 is 9.47 Å². The number of rotatable bonds is 10. The summed E-state index contributed by atoms with van der Waals surface area (Å²) in [6.07, 6.45) is 13.7. The van der Waals surface area contributed by atoms with E-state index in [9.17, 15) is 0 Å². The SMILES string of the molecule is COc1c(C)c(C)c(C/C=C(\C)C/C=C/C(C)CCC=C(C)C)c(C)c1OC. The molecule has 0 aliphatic heterocycles. The van der Waals surface area contributed by atoms with E-state index in [4.69, 9.17) is 9.47 Å². The fourth-order valence-corrected chi connectivity index (χ4v) is 3.53. The molecule has 0 N–H and O–H groups in total. The maximum atomic E-state index is 5.63. The van der Waals surface area contributed by atoms with Gasteiger partial charge in [0.1, 0.15) is 0 Å². The number of ether oxygens (including phenoxy) is 2. The maximum absolute atomic E-state index is 5.63. The summed E-state index contributed by atoms with van der Waals surface area (Å²) in [7, 11) is 3.43. The van der Waals surface area contributed by atoms with Crippen molar-refractivity contribution in [3.05, 3.63) is 57.7 Å². The molecule has 1 aromatic rings. The van der Waals surface area contributed by atoms with Gasteiger partial charge in [0.15, 0.2) is 11.5 Å². The highest BCUT2D eigenvalue weighted by molar-refractivity contribution is 5.59. The first kappa shape index (κ1) is 24.1. The van der Waals surface area contributed by atoms with Gasteiger partial charge >= 0.3 is 0 Å². The average Bonchev–Trinajstić information content (AvgIpc) is 2.64. The molecule has 0 heterocycles. The lowest BCUT2D eigenvalue weighted by Gasteiger charge is -2.19. The highest BCUT2D eigenvalue weighted by Crippen LogP contribution is 2.39. The van der Waals surface area contributed by atoms with E-state index >= 15 is 0 Å². The fraction of sp³-hybridized carbons (Fsp3) is 0.538. The molecule has 28 heavy (non-hydrogen) atoms. The van der Waals surface area contributed by atoms with Gasteiger partial charge < -0.3 is 9.47 Å². The molecule has 1 atom stereocenters. The van der Waals surface area contributed by atoms with Crippen molar-refractivity contribution in [2.24, 2.45) is 5.92 Å². The molecule has 2 nitrogen and oxygen atoms in total. The number of methoxy groups -OCH3 is 2. The summed E-state index contributed by atoms with van der Waals surface area (Å²) in [4.78, 5) is 0. The molecule has 1 aromatic carbocycles. The van der Waals surface area contributed by atoms with E-state index in [1.165, 1.54) is 40.7 Å². The third-order valence-electron chi connectivity index (χ3n) is 5.50. The van der Waals surface area contributed by atoms with Crippen LogP contribution in [0.15, 0.2) is 35.5 Å². The molecular weight excluding hydrogens is 344 g/mol. The Bertz CT molecular complexity index is 732. The first-order valence-corrected chi connectivity index (χ1v) is 10.4. The third-order valence-corrected chi connectivity index (χ3v) is 5.50. The smallest absolute Gasteiger partial charge is 0.164 e. The van der Waals surface area contributed by atoms with E-state index in [1.54, 1.807) is 14.2 Å². The van der Waals surface area contributed by atoms with E-state index in [-0.39, 0.29) is 0 Å². The van der Waals surface area contributed by atoms with Crippen LogP contribution in [0.25, 0.3) is 0 Å². The normalized spacial score (nSPS) is 13.0. The summed E-state index contributed by atoms with van der Waals surface area (Å²) in [6.45, 7) is 15.3. The van der Waals surface area contributed by atoms with Crippen LogP contribution in [0.3, 0.4) is 0 Å². The highest BCUT2D eigenvalue weighted by atomic mass is 16.5. The lowest BCUT2D eigenvalue weighted by Crippen LogP contribution is -2.03. The van der Waals surface area contributed by atoms with Gasteiger partial charge in [-0.15, -0.1) is 0 Å². The summed E-state index contributed by atoms with van der Waals surface area (Å²) in [5.74, 6) is 2.34. The second kappa shape index (κ2) is 11.8. The molecule has 0 aliphatic carbocycles. The van der Waals surface area contributed by atoms with Crippen LogP contribution in [0.4, 0.5) is 0 Å². The van der Waals surface area contributed by atoms with E-state index in [0.29, 0.717) is 5.92 Å². The van der Waals surface area contributed by atoms with Gasteiger partial charge in [0, 0.05) is 0 Å². The highest BCUT2D eigenvalue weighted by Gasteiger charge is 2.17. The van der Waals surface area contributed by atoms with E-state index in [2.05, 4.69) is 72.8 Å². The van der Waals surface area contributed by atoms with Gasteiger partial charge in [-0.2, -0.15) is 0 Å². The standard InChI is InChI=1S/C26H40O2/c1-18(2)12-10-13-19(3)14-11-15-20(4)16-17-24-21(5)22(6)25(27-8)26(28-9)23(24)7/h11-12,14,16,19H,10,13,15,17H2,1-9H3/b14-11+,20-16+. The van der Waals surface area contributed by atoms with Crippen molar-refractivity contribution >= 4 is 0 Å². The van der Waals surface area contributed by atoms with Crippen molar-refractivity contribution in [3.8, 4) is 11.5 Å². The van der Waals surface area contributed by atoms with Crippen LogP contribution in [0.5, 0.6) is 11.5 Å². The van der Waals surface area contributed by atoms with Gasteiger partial charge in [0.2, 0.25) is 0 Å². The van der Waals surface area contributed by atoms with Crippen LogP contribution in [0, 0.1) is 26.7 Å². The van der Waals surface area contributed by atoms with Gasteiger partial charge in [0.05, 0.1) is 14.2 Å². The molecule has 0 fully saturated rings. The molecule has 1 unspecified atom stereocenters. The van der Waals surface area contributed by atoms with Crippen LogP contribution in [0.2, 0.25) is 0 Å². The molecule has 0 aromatic heterocycles. The van der Waals surface area contributed by atoms with Crippen LogP contribution < -0.4 is 9.47 Å². The lowest BCUT2D eigenvalue weighted by atomic mass is 9.93. The molecule has 0 radical (unpaired) electrons. The monoisotopic (exact) mass is 384 g/mol. The second-order valence-corrected chi connectivity index (χ2v) is 8.14. The zero-order valence-electron chi connectivity index (χ0n) is 19.5. The Morgan fingerprint density at radius 3 is 2.07 bits per heavy atom. The van der Waals surface area contributed by atoms with Gasteiger partial charge in [-0.05, 0) is 95.4 Å². The van der Waals surface area contributed by atoms with Crippen LogP contribution in [0.1, 0.15) is 69.2 Å². The lowest BCUT2D eigenvalue weighted by molar-refractivity contribution is 0.350. The van der Waals surface area contributed by atoms with E-state index in [1.807, 2.05) is 0 Å². The molecule has 0 bridgehead atoms. The van der Waals surface area contributed by atoms with E-state index in [0.717, 1.165) is 29.9 Å². The van der Waals surface area contributed by atoms with Gasteiger partial charge in [-0.3, -0.25) is 0 Å². The first-order valence-electron chi connectivity index (χ1n) is 10.4. The molecule has 0 saturated carbocycles. The van der Waals surface area contributed by atoms with Gasteiger partial charge in [-0.1, -0.05) is 42.4 Å². The largest absolute Gasteiger partial charge is 0.493 e. The topological polar surface area (TPSA) is 18.5 Å². The number of benzene rings is 1. The van der Waals surface area contributed by atoms with Crippen LogP contribution in [-0.2, 0) is 6.42 Å². The van der Waals surface area contributed by atoms with Crippen molar-refractivity contribution in [1.29, 1.82) is 0 Å². The Hall–Kier alpha value is -1.96. The molecule has 2 heteroatoms. The molecule has 156 valence electrons. The van der Waals surface area contributed by atoms with Crippen molar-refractivity contribution in [1.82, 2.24) is 0 Å². The number of allylic oxidation sites excluding steroid dienone is 6. The molecule has 1 rings (SSSR count). The zero-order valence-corrected chi connectivity index (χ0v) is 19.5. The Morgan fingerprint density at radius 2 is 1.50 bits per heavy atom. The predicted octanol–water partition coefficient (Wildman–Crippen LogP) is 7.45. The van der Waals surface area contributed by atoms with Crippen molar-refractivity contribution in [2.75, 3.05) is 14.2 Å². The number of hydrogen-bond donors (Lipinski definition) is 0. The molecule has 0 amide bonds. The quantitative estimate of drug-likeness (QED) is 0.390. The Labute approximate surface area is 173 Å². The Kier molecular flexibility index (Phi) is 10.1. The average molecular weight is 385 g/mol. The first-order chi connectivity index (χ1) is 13.2. The minimum absolute atomic E-state index is 0.626. The third kappa shape index (κ3) is 6.89. The van der Waals surface area contributed by atoms with Crippen LogP contribution >= 0.6 is 0 Å². The molecule has 0 aliphatic rings. The Morgan fingerprint density at radius 1 is 0.893 bits per heavy atom. The predicted molar refractivity (Wildman–Crippen MR) is 123 cm³/mol. The summed E-state index contributed by atoms with van der Waals surface area (Å²) in [6, 6.07) is 0. The van der Waals surface area contributed by atoms with Crippen molar-refractivity contribution in [2.45, 2.75) is 74.1 Å². The van der Waals surface area contributed by atoms with Crippen molar-refractivity contribution in [3.63, 3.8) is 0 Å². The summed E-state index contributed by atoms with van der Waals surface area (Å²) in [5, 5.41) is 0. The summed E-state index contributed by atoms with van der Waals surface area (Å²) in [5.41, 5.74) is 7.78.